The molecule has 1 aromatic rings. The van der Waals surface area contributed by atoms with Crippen molar-refractivity contribution < 1.29 is 4.74 Å². The second-order valence-electron chi connectivity index (χ2n) is 3.41. The summed E-state index contributed by atoms with van der Waals surface area (Å²) in [5, 5.41) is 3.32. The highest BCUT2D eigenvalue weighted by Crippen LogP contribution is 2.23. The van der Waals surface area contributed by atoms with Crippen molar-refractivity contribution in [1.29, 1.82) is 0 Å². The topological polar surface area (TPSA) is 21.3 Å². The van der Waals surface area contributed by atoms with Crippen LogP contribution in [0, 0.1) is 0 Å². The van der Waals surface area contributed by atoms with E-state index in [0.717, 1.165) is 31.7 Å². The molecule has 3 heteroatoms. The summed E-state index contributed by atoms with van der Waals surface area (Å²) in [6.07, 6.45) is 2.23. The van der Waals surface area contributed by atoms with Gasteiger partial charge >= 0.3 is 0 Å². The van der Waals surface area contributed by atoms with Gasteiger partial charge in [0.05, 0.1) is 7.11 Å². The van der Waals surface area contributed by atoms with Gasteiger partial charge in [0.25, 0.3) is 0 Å². The smallest absolute Gasteiger partial charge is 0.119 e. The van der Waals surface area contributed by atoms with Crippen molar-refractivity contribution in [2.75, 3.05) is 20.2 Å². The van der Waals surface area contributed by atoms with E-state index in [2.05, 4.69) is 34.2 Å². The first kappa shape index (κ1) is 12.5. The first-order chi connectivity index (χ1) is 7.27. The minimum absolute atomic E-state index is 0.927. The molecular weight excluding hydrogens is 254 g/mol. The lowest BCUT2D eigenvalue weighted by molar-refractivity contribution is 0.414. The molecule has 0 spiro atoms. The van der Waals surface area contributed by atoms with Gasteiger partial charge in [0, 0.05) is 4.47 Å². The van der Waals surface area contributed by atoms with Crippen LogP contribution in [0.15, 0.2) is 22.7 Å². The van der Waals surface area contributed by atoms with E-state index >= 15 is 0 Å². The van der Waals surface area contributed by atoms with Crippen molar-refractivity contribution >= 4 is 15.9 Å². The van der Waals surface area contributed by atoms with Gasteiger partial charge in [0.15, 0.2) is 0 Å². The monoisotopic (exact) mass is 271 g/mol. The van der Waals surface area contributed by atoms with Gasteiger partial charge in [-0.1, -0.05) is 22.9 Å². The van der Waals surface area contributed by atoms with Gasteiger partial charge in [0.2, 0.25) is 0 Å². The Labute approximate surface area is 100 Å². The van der Waals surface area contributed by atoms with E-state index in [0.29, 0.717) is 0 Å². The number of halogens is 1. The van der Waals surface area contributed by atoms with E-state index in [1.807, 2.05) is 12.1 Å². The van der Waals surface area contributed by atoms with Crippen LogP contribution in [0.1, 0.15) is 18.9 Å². The van der Waals surface area contributed by atoms with Crippen molar-refractivity contribution in [2.24, 2.45) is 0 Å². The Morgan fingerprint density at radius 3 is 2.87 bits per heavy atom. The van der Waals surface area contributed by atoms with E-state index in [-0.39, 0.29) is 0 Å². The molecule has 1 rings (SSSR count). The van der Waals surface area contributed by atoms with Crippen molar-refractivity contribution in [2.45, 2.75) is 19.8 Å². The predicted molar refractivity (Wildman–Crippen MR) is 67.6 cm³/mol. The van der Waals surface area contributed by atoms with Gasteiger partial charge in [-0.3, -0.25) is 0 Å². The van der Waals surface area contributed by atoms with Crippen molar-refractivity contribution in [3.8, 4) is 5.75 Å². The van der Waals surface area contributed by atoms with Crippen LogP contribution >= 0.6 is 15.9 Å². The van der Waals surface area contributed by atoms with Crippen LogP contribution in [0.5, 0.6) is 5.75 Å². The molecule has 84 valence electrons. The third-order valence-electron chi connectivity index (χ3n) is 2.30. The van der Waals surface area contributed by atoms with E-state index in [1.165, 1.54) is 10.0 Å². The number of methoxy groups -OCH3 is 1. The lowest BCUT2D eigenvalue weighted by Gasteiger charge is -2.07. The van der Waals surface area contributed by atoms with Crippen LogP contribution in [-0.4, -0.2) is 20.2 Å². The molecule has 0 aliphatic carbocycles. The number of aryl methyl sites for hydroxylation is 1. The van der Waals surface area contributed by atoms with Crippen LogP contribution in [0.3, 0.4) is 0 Å². The van der Waals surface area contributed by atoms with Crippen molar-refractivity contribution in [3.63, 3.8) is 0 Å². The zero-order chi connectivity index (χ0) is 11.1. The van der Waals surface area contributed by atoms with Gasteiger partial charge in [-0.05, 0) is 49.7 Å². The molecule has 0 amide bonds. The highest BCUT2D eigenvalue weighted by molar-refractivity contribution is 9.10. The molecule has 0 fully saturated rings. The summed E-state index contributed by atoms with van der Waals surface area (Å²) in [5.74, 6) is 0.927. The molecule has 1 N–H and O–H groups in total. The molecule has 0 aliphatic heterocycles. The SMILES string of the molecule is CCNCCCc1cc(OC)ccc1Br. The minimum atomic E-state index is 0.927. The standard InChI is InChI=1S/C12H18BrNO/c1-3-14-8-4-5-10-9-11(15-2)6-7-12(10)13/h6-7,9,14H,3-5,8H2,1-2H3. The summed E-state index contributed by atoms with van der Waals surface area (Å²) in [5.41, 5.74) is 1.31. The second-order valence-corrected chi connectivity index (χ2v) is 4.27. The fourth-order valence-electron chi connectivity index (χ4n) is 1.45. The molecule has 0 bridgehead atoms. The molecule has 0 heterocycles. The van der Waals surface area contributed by atoms with Gasteiger partial charge in [-0.15, -0.1) is 0 Å². The highest BCUT2D eigenvalue weighted by Gasteiger charge is 2.01. The number of ether oxygens (including phenoxy) is 1. The van der Waals surface area contributed by atoms with E-state index in [9.17, 15) is 0 Å². The van der Waals surface area contributed by atoms with Gasteiger partial charge in [-0.25, -0.2) is 0 Å². The Balaban J connectivity index is 2.51. The second kappa shape index (κ2) is 6.85. The summed E-state index contributed by atoms with van der Waals surface area (Å²) < 4.78 is 6.37. The van der Waals surface area contributed by atoms with Gasteiger partial charge in [0.1, 0.15) is 5.75 Å². The molecule has 0 aromatic heterocycles. The third kappa shape index (κ3) is 4.22. The minimum Gasteiger partial charge on any atom is -0.497 e. The average Bonchev–Trinajstić information content (AvgIpc) is 2.26. The molecule has 0 saturated carbocycles. The molecule has 1 aromatic carbocycles. The van der Waals surface area contributed by atoms with Crippen LogP contribution in [0.25, 0.3) is 0 Å². The molecule has 0 aliphatic rings. The molecule has 0 atom stereocenters. The maximum Gasteiger partial charge on any atom is 0.119 e. The van der Waals surface area contributed by atoms with Crippen LogP contribution in [0.2, 0.25) is 0 Å². The highest BCUT2D eigenvalue weighted by atomic mass is 79.9. The van der Waals surface area contributed by atoms with E-state index in [1.54, 1.807) is 7.11 Å². The maximum absolute atomic E-state index is 5.20. The number of nitrogens with one attached hydrogen (secondary N) is 1. The average molecular weight is 272 g/mol. The first-order valence-electron chi connectivity index (χ1n) is 5.31. The normalized spacial score (nSPS) is 10.3. The zero-order valence-corrected chi connectivity index (χ0v) is 10.9. The molecule has 0 radical (unpaired) electrons. The summed E-state index contributed by atoms with van der Waals surface area (Å²) in [6.45, 7) is 4.24. The first-order valence-corrected chi connectivity index (χ1v) is 6.10. The van der Waals surface area contributed by atoms with Crippen LogP contribution in [0.4, 0.5) is 0 Å². The zero-order valence-electron chi connectivity index (χ0n) is 9.35. The lowest BCUT2D eigenvalue weighted by atomic mass is 10.1. The predicted octanol–water partition coefficient (Wildman–Crippen LogP) is 3.00. The maximum atomic E-state index is 5.20. The Morgan fingerprint density at radius 1 is 1.40 bits per heavy atom. The Kier molecular flexibility index (Phi) is 5.73. The van der Waals surface area contributed by atoms with Gasteiger partial charge < -0.3 is 10.1 Å². The fourth-order valence-corrected chi connectivity index (χ4v) is 1.90. The molecule has 0 unspecified atom stereocenters. The quantitative estimate of drug-likeness (QED) is 0.804. The number of rotatable bonds is 6. The summed E-state index contributed by atoms with van der Waals surface area (Å²) >= 11 is 3.55. The van der Waals surface area contributed by atoms with E-state index in [4.69, 9.17) is 4.74 Å². The van der Waals surface area contributed by atoms with Crippen LogP contribution in [-0.2, 0) is 6.42 Å². The largest absolute Gasteiger partial charge is 0.497 e. The number of hydrogen-bond donors (Lipinski definition) is 1. The Morgan fingerprint density at radius 2 is 2.20 bits per heavy atom. The van der Waals surface area contributed by atoms with Crippen molar-refractivity contribution in [1.82, 2.24) is 5.32 Å². The molecular formula is C12H18BrNO. The van der Waals surface area contributed by atoms with Crippen molar-refractivity contribution in [3.05, 3.63) is 28.2 Å². The van der Waals surface area contributed by atoms with Crippen LogP contribution < -0.4 is 10.1 Å². The van der Waals surface area contributed by atoms with E-state index < -0.39 is 0 Å². The molecule has 2 nitrogen and oxygen atoms in total. The summed E-state index contributed by atoms with van der Waals surface area (Å²) in [4.78, 5) is 0. The summed E-state index contributed by atoms with van der Waals surface area (Å²) in [6, 6.07) is 6.11. The third-order valence-corrected chi connectivity index (χ3v) is 3.08. The van der Waals surface area contributed by atoms with Gasteiger partial charge in [-0.2, -0.15) is 0 Å². The Hall–Kier alpha value is -0.540. The molecule has 15 heavy (non-hydrogen) atoms. The molecule has 0 saturated heterocycles. The number of hydrogen-bond acceptors (Lipinski definition) is 2. The fraction of sp³-hybridized carbons (Fsp3) is 0.500. The lowest BCUT2D eigenvalue weighted by Crippen LogP contribution is -2.14. The summed E-state index contributed by atoms with van der Waals surface area (Å²) in [7, 11) is 1.70. The number of benzene rings is 1. The Bertz CT molecular complexity index is 302.